The topological polar surface area (TPSA) is 239 Å². The maximum absolute atomic E-state index is 10.8. The normalized spacial score (nSPS) is 26.0. The number of ether oxygens (including phenoxy) is 1. The van der Waals surface area contributed by atoms with E-state index in [9.17, 15) is 24.4 Å². The number of carbonyl (C=O) groups is 2. The molecule has 1 saturated heterocycles. The number of carboxylic acids is 1. The van der Waals surface area contributed by atoms with Gasteiger partial charge in [0.2, 0.25) is 5.82 Å². The van der Waals surface area contributed by atoms with Gasteiger partial charge in [-0.3, -0.25) is 14.2 Å². The van der Waals surface area contributed by atoms with Gasteiger partial charge in [-0.1, -0.05) is 0 Å². The second kappa shape index (κ2) is 8.44. The van der Waals surface area contributed by atoms with Gasteiger partial charge in [0.1, 0.15) is 30.8 Å². The molecule has 1 fully saturated rings. The maximum Gasteiger partial charge on any atom is 0.336 e. The van der Waals surface area contributed by atoms with Crippen molar-refractivity contribution < 1.29 is 49.1 Å². The molecular weight excluding hydrogens is 367 g/mol. The second-order valence-corrected chi connectivity index (χ2v) is 6.50. The zero-order valence-corrected chi connectivity index (χ0v) is 13.4. The number of carbonyl (C=O) groups excluding carboxylic acids is 1. The Bertz CT molecular complexity index is 660. The summed E-state index contributed by atoms with van der Waals surface area (Å²) in [5.74, 6) is -2.52. The Morgan fingerprint density at radius 2 is 1.92 bits per heavy atom. The van der Waals surface area contributed by atoms with Gasteiger partial charge in [-0.2, -0.15) is 0 Å². The highest BCUT2D eigenvalue weighted by Crippen LogP contribution is 2.33. The third kappa shape index (κ3) is 6.13. The van der Waals surface area contributed by atoms with Crippen LogP contribution < -0.4 is 5.73 Å². The third-order valence-electron chi connectivity index (χ3n) is 2.85. The van der Waals surface area contributed by atoms with Crippen molar-refractivity contribution in [3.8, 4) is 0 Å². The number of primary amides is 1. The number of hydrogen-bond donors (Lipinski definition) is 7. The fourth-order valence-electron chi connectivity index (χ4n) is 1.79. The van der Waals surface area contributed by atoms with Crippen LogP contribution in [0.4, 0.5) is 0 Å². The number of carboxylic acid groups (broad SMARTS) is 1. The summed E-state index contributed by atoms with van der Waals surface area (Å²) in [5.41, 5.74) is 4.97. The van der Waals surface area contributed by atoms with Crippen molar-refractivity contribution in [3.63, 3.8) is 0 Å². The summed E-state index contributed by atoms with van der Waals surface area (Å²) in [6, 6.07) is 0. The van der Waals surface area contributed by atoms with Gasteiger partial charge in [-0.15, -0.1) is 5.10 Å². The summed E-state index contributed by atoms with van der Waals surface area (Å²) >= 11 is 0. The fraction of sp³-hybridized carbons (Fsp3) is 0.600. The molecule has 0 aromatic carbocycles. The quantitative estimate of drug-likeness (QED) is 0.242. The first-order valence-corrected chi connectivity index (χ1v) is 8.35. The summed E-state index contributed by atoms with van der Waals surface area (Å²) in [6.07, 6.45) is -4.35. The predicted octanol–water partition coefficient (Wildman–Crippen LogP) is -3.76. The minimum absolute atomic E-state index is 0.220. The first kappa shape index (κ1) is 21.1. The number of nitrogens with zero attached hydrogens (tertiary/aromatic N) is 3. The van der Waals surface area contributed by atoms with E-state index in [1.165, 1.54) is 0 Å². The molecule has 2 heterocycles. The molecule has 0 aliphatic carbocycles. The zero-order valence-electron chi connectivity index (χ0n) is 12.5. The van der Waals surface area contributed by atoms with Crippen molar-refractivity contribution in [1.82, 2.24) is 14.8 Å². The minimum Gasteiger partial charge on any atom is -0.481 e. The van der Waals surface area contributed by atoms with Crippen LogP contribution in [-0.4, -0.2) is 87.9 Å². The number of aromatic nitrogens is 3. The number of aliphatic hydroxyl groups is 3. The van der Waals surface area contributed by atoms with E-state index in [2.05, 4.69) is 10.1 Å². The van der Waals surface area contributed by atoms with E-state index in [-0.39, 0.29) is 5.82 Å². The molecule has 1 aliphatic rings. The summed E-state index contributed by atoms with van der Waals surface area (Å²) in [7, 11) is -4.32. The first-order chi connectivity index (χ1) is 11.5. The van der Waals surface area contributed by atoms with Crippen LogP contribution in [0.2, 0.25) is 0 Å². The van der Waals surface area contributed by atoms with Crippen LogP contribution in [0.5, 0.6) is 0 Å². The Morgan fingerprint density at radius 1 is 1.32 bits per heavy atom. The molecule has 0 saturated carbocycles. The monoisotopic (exact) mass is 384 g/mol. The minimum atomic E-state index is -4.32. The Kier molecular flexibility index (Phi) is 7.13. The highest BCUT2D eigenvalue weighted by atomic mass is 31.2. The molecule has 0 bridgehead atoms. The van der Waals surface area contributed by atoms with Crippen LogP contribution in [0, 0.1) is 0 Å². The molecule has 4 atom stereocenters. The van der Waals surface area contributed by atoms with E-state index in [1.807, 2.05) is 0 Å². The van der Waals surface area contributed by atoms with E-state index in [0.29, 0.717) is 0 Å². The predicted molar refractivity (Wildman–Crippen MR) is 76.1 cm³/mol. The summed E-state index contributed by atoms with van der Waals surface area (Å²) in [5, 5.41) is 39.5. The molecule has 14 nitrogen and oxygen atoms in total. The van der Waals surface area contributed by atoms with Gasteiger partial charge in [0.15, 0.2) is 6.23 Å². The van der Waals surface area contributed by atoms with Crippen molar-refractivity contribution in [3.05, 3.63) is 12.2 Å². The Labute approximate surface area is 139 Å². The van der Waals surface area contributed by atoms with Crippen LogP contribution >= 0.6 is 7.60 Å². The van der Waals surface area contributed by atoms with Crippen LogP contribution in [0.1, 0.15) is 16.8 Å². The number of amides is 1. The number of rotatable bonds is 5. The number of nitrogens with two attached hydrogens (primary N) is 1. The lowest BCUT2D eigenvalue weighted by Gasteiger charge is -2.13. The molecule has 1 aromatic heterocycles. The lowest BCUT2D eigenvalue weighted by atomic mass is 10.1. The Balaban J connectivity index is 0.000000333. The average molecular weight is 384 g/mol. The van der Waals surface area contributed by atoms with E-state index >= 15 is 0 Å². The molecule has 0 unspecified atom stereocenters. The van der Waals surface area contributed by atoms with Crippen molar-refractivity contribution in [2.24, 2.45) is 5.73 Å². The Hall–Kier alpha value is -1.93. The van der Waals surface area contributed by atoms with Crippen LogP contribution in [-0.2, 0) is 14.1 Å². The van der Waals surface area contributed by atoms with Gasteiger partial charge < -0.3 is 40.7 Å². The number of aliphatic carboxylic acids is 1. The van der Waals surface area contributed by atoms with Crippen molar-refractivity contribution in [1.29, 1.82) is 0 Å². The standard InChI is InChI=1S/C8H12N4O5.C2H5O5P/c9-6(16)7-10-2-12(11-7)8-5(15)4(14)3(1-13)17-8;3-2(4)1-8(5,6)7/h2-5,8,13-15H,1H2,(H2,9,16);1H2,(H,3,4)(H2,5,6,7)/t3-,4-,5-,8-;/m1./s1. The molecule has 2 rings (SSSR count). The van der Waals surface area contributed by atoms with E-state index in [4.69, 9.17) is 30.5 Å². The lowest BCUT2D eigenvalue weighted by Crippen LogP contribution is -2.33. The van der Waals surface area contributed by atoms with E-state index in [0.717, 1.165) is 11.0 Å². The van der Waals surface area contributed by atoms with Gasteiger partial charge in [-0.05, 0) is 0 Å². The first-order valence-electron chi connectivity index (χ1n) is 6.56. The lowest BCUT2D eigenvalue weighted by molar-refractivity contribution is -0.134. The van der Waals surface area contributed by atoms with Gasteiger partial charge in [-0.25, -0.2) is 9.67 Å². The summed E-state index contributed by atoms with van der Waals surface area (Å²) < 4.78 is 16.0. The third-order valence-corrected chi connectivity index (χ3v) is 3.53. The molecule has 0 radical (unpaired) electrons. The zero-order chi connectivity index (χ0) is 19.4. The summed E-state index contributed by atoms with van der Waals surface area (Å²) in [6.45, 7) is -0.438. The van der Waals surface area contributed by atoms with Gasteiger partial charge in [0.25, 0.3) is 5.91 Å². The van der Waals surface area contributed by atoms with Crippen molar-refractivity contribution in [2.45, 2.75) is 24.5 Å². The molecule has 1 amide bonds. The van der Waals surface area contributed by atoms with Crippen LogP contribution in [0.3, 0.4) is 0 Å². The SMILES string of the molecule is NC(=O)c1ncn([C@@H]2O[C@H](CO)[C@@H](O)[C@H]2O)n1.O=C(O)CP(=O)(O)O. The van der Waals surface area contributed by atoms with Crippen LogP contribution in [0.25, 0.3) is 0 Å². The van der Waals surface area contributed by atoms with Gasteiger partial charge in [0.05, 0.1) is 6.61 Å². The number of aliphatic hydroxyl groups excluding tert-OH is 3. The maximum atomic E-state index is 10.8. The average Bonchev–Trinajstić information content (AvgIpc) is 3.04. The van der Waals surface area contributed by atoms with E-state index < -0.39 is 56.8 Å². The highest BCUT2D eigenvalue weighted by Gasteiger charge is 2.44. The second-order valence-electron chi connectivity index (χ2n) is 4.86. The van der Waals surface area contributed by atoms with Gasteiger partial charge >= 0.3 is 13.6 Å². The smallest absolute Gasteiger partial charge is 0.336 e. The highest BCUT2D eigenvalue weighted by molar-refractivity contribution is 7.52. The fourth-order valence-corrected chi connectivity index (χ4v) is 2.14. The largest absolute Gasteiger partial charge is 0.481 e. The molecule has 25 heavy (non-hydrogen) atoms. The van der Waals surface area contributed by atoms with Crippen molar-refractivity contribution in [2.75, 3.05) is 12.8 Å². The molecule has 142 valence electrons. The molecule has 1 aromatic rings. The van der Waals surface area contributed by atoms with Gasteiger partial charge in [0, 0.05) is 0 Å². The van der Waals surface area contributed by atoms with Crippen molar-refractivity contribution >= 4 is 19.5 Å². The molecular formula is C10H17N4O10P. The summed E-state index contributed by atoms with van der Waals surface area (Å²) in [4.78, 5) is 39.8. The van der Waals surface area contributed by atoms with E-state index in [1.54, 1.807) is 0 Å². The molecule has 8 N–H and O–H groups in total. The van der Waals surface area contributed by atoms with Crippen LogP contribution in [0.15, 0.2) is 6.33 Å². The molecule has 0 spiro atoms. The molecule has 1 aliphatic heterocycles. The Morgan fingerprint density at radius 3 is 2.24 bits per heavy atom. The number of hydrogen-bond acceptors (Lipinski definition) is 9. The molecule has 15 heteroatoms.